The highest BCUT2D eigenvalue weighted by Gasteiger charge is 2.22. The first-order chi connectivity index (χ1) is 12.2. The van der Waals surface area contributed by atoms with Gasteiger partial charge in [-0.3, -0.25) is 4.79 Å². The molecule has 0 saturated carbocycles. The van der Waals surface area contributed by atoms with Gasteiger partial charge in [0.25, 0.3) is 0 Å². The van der Waals surface area contributed by atoms with Gasteiger partial charge in [-0.25, -0.2) is 0 Å². The van der Waals surface area contributed by atoms with Crippen LogP contribution in [0.15, 0.2) is 54.2 Å². The van der Waals surface area contributed by atoms with E-state index in [0.29, 0.717) is 11.3 Å². The summed E-state index contributed by atoms with van der Waals surface area (Å²) >= 11 is 0. The van der Waals surface area contributed by atoms with Crippen LogP contribution >= 0.6 is 0 Å². The van der Waals surface area contributed by atoms with Gasteiger partial charge in [-0.05, 0) is 36.3 Å². The number of carbonyl (C=O) groups excluding carboxylic acids is 1. The van der Waals surface area contributed by atoms with Crippen molar-refractivity contribution in [3.8, 4) is 5.75 Å². The van der Waals surface area contributed by atoms with Gasteiger partial charge in [-0.1, -0.05) is 30.3 Å². The van der Waals surface area contributed by atoms with E-state index in [4.69, 9.17) is 4.74 Å². The fourth-order valence-electron chi connectivity index (χ4n) is 3.39. The number of ketones is 1. The van der Waals surface area contributed by atoms with Crippen molar-refractivity contribution in [2.75, 3.05) is 20.7 Å². The molecule has 0 radical (unpaired) electrons. The molecular weight excluding hydrogens is 312 g/mol. The number of H-pyrrole nitrogens is 1. The molecule has 126 valence electrons. The molecule has 0 unspecified atom stereocenters. The quantitative estimate of drug-likeness (QED) is 0.740. The van der Waals surface area contributed by atoms with E-state index in [1.165, 1.54) is 5.56 Å². The number of aromatic nitrogens is 1. The summed E-state index contributed by atoms with van der Waals surface area (Å²) in [6, 6.07) is 15.5. The molecule has 0 spiro atoms. The van der Waals surface area contributed by atoms with E-state index < -0.39 is 0 Å². The second kappa shape index (κ2) is 6.13. The number of allylic oxidation sites excluding steroid dienone is 1. The van der Waals surface area contributed by atoms with E-state index in [1.807, 2.05) is 60.5 Å². The van der Waals surface area contributed by atoms with Crippen LogP contribution in [0.3, 0.4) is 0 Å². The van der Waals surface area contributed by atoms with E-state index >= 15 is 0 Å². The van der Waals surface area contributed by atoms with Gasteiger partial charge in [0, 0.05) is 35.8 Å². The van der Waals surface area contributed by atoms with Crippen LogP contribution in [0.5, 0.6) is 5.75 Å². The van der Waals surface area contributed by atoms with Gasteiger partial charge in [0.05, 0.1) is 12.8 Å². The van der Waals surface area contributed by atoms with Gasteiger partial charge < -0.3 is 14.6 Å². The summed E-state index contributed by atoms with van der Waals surface area (Å²) < 4.78 is 5.36. The number of hydrogen-bond acceptors (Lipinski definition) is 3. The fourth-order valence-corrected chi connectivity index (χ4v) is 3.39. The Labute approximate surface area is 146 Å². The third kappa shape index (κ3) is 2.70. The van der Waals surface area contributed by atoms with Crippen molar-refractivity contribution in [3.05, 3.63) is 71.0 Å². The minimum atomic E-state index is 0.0483. The Hall–Kier alpha value is -3.01. The highest BCUT2D eigenvalue weighted by molar-refractivity contribution is 6.11. The number of hydrogen-bond donors (Lipinski definition) is 1. The Morgan fingerprint density at radius 2 is 1.96 bits per heavy atom. The normalized spacial score (nSPS) is 14.0. The number of ether oxygens (including phenoxy) is 1. The maximum Gasteiger partial charge on any atom is 0.209 e. The minimum absolute atomic E-state index is 0.0483. The lowest BCUT2D eigenvalue weighted by atomic mass is 10.1. The average molecular weight is 332 g/mol. The summed E-state index contributed by atoms with van der Waals surface area (Å²) in [5.74, 6) is 0.892. The Balaban J connectivity index is 1.83. The first kappa shape index (κ1) is 15.5. The van der Waals surface area contributed by atoms with Gasteiger partial charge in [0.15, 0.2) is 0 Å². The third-order valence-electron chi connectivity index (χ3n) is 4.80. The molecule has 4 heteroatoms. The number of nitrogens with zero attached hydrogens (tertiary/aromatic N) is 1. The van der Waals surface area contributed by atoms with Gasteiger partial charge in [-0.15, -0.1) is 0 Å². The minimum Gasteiger partial charge on any atom is -0.497 e. The molecule has 0 amide bonds. The Bertz CT molecular complexity index is 970. The molecule has 4 nitrogen and oxygen atoms in total. The predicted octanol–water partition coefficient (Wildman–Crippen LogP) is 3.89. The topological polar surface area (TPSA) is 45.3 Å². The van der Waals surface area contributed by atoms with Crippen molar-refractivity contribution in [1.82, 2.24) is 9.88 Å². The lowest BCUT2D eigenvalue weighted by Crippen LogP contribution is -2.24. The number of likely N-dealkylation sites (N-methyl/N-ethyl adjacent to an activating group) is 1. The Morgan fingerprint density at radius 3 is 2.72 bits per heavy atom. The molecule has 0 atom stereocenters. The zero-order valence-electron chi connectivity index (χ0n) is 14.4. The number of aromatic amines is 1. The molecule has 25 heavy (non-hydrogen) atoms. The third-order valence-corrected chi connectivity index (χ3v) is 4.80. The van der Waals surface area contributed by atoms with Crippen LogP contribution in [-0.2, 0) is 6.42 Å². The first-order valence-electron chi connectivity index (χ1n) is 8.38. The predicted molar refractivity (Wildman–Crippen MR) is 99.9 cm³/mol. The second-order valence-corrected chi connectivity index (χ2v) is 6.33. The van der Waals surface area contributed by atoms with Crippen LogP contribution in [0, 0.1) is 0 Å². The average Bonchev–Trinajstić information content (AvgIpc) is 2.91. The van der Waals surface area contributed by atoms with Gasteiger partial charge in [0.2, 0.25) is 5.78 Å². The SMILES string of the molecule is COc1ccc2[nH]c3c(c2c1)CCN(C)C(C(=O)c1ccccc1)=C3. The van der Waals surface area contributed by atoms with Gasteiger partial charge in [-0.2, -0.15) is 0 Å². The van der Waals surface area contributed by atoms with Crippen LogP contribution in [0.1, 0.15) is 21.6 Å². The lowest BCUT2D eigenvalue weighted by molar-refractivity contribution is 0.100. The van der Waals surface area contributed by atoms with Crippen LogP contribution in [0.25, 0.3) is 17.0 Å². The number of fused-ring (bicyclic) bond motifs is 3. The number of methoxy groups -OCH3 is 1. The molecule has 2 heterocycles. The molecule has 1 aromatic heterocycles. The van der Waals surface area contributed by atoms with E-state index in [-0.39, 0.29) is 5.78 Å². The smallest absolute Gasteiger partial charge is 0.209 e. The number of benzene rings is 2. The van der Waals surface area contributed by atoms with E-state index in [1.54, 1.807) is 7.11 Å². The summed E-state index contributed by atoms with van der Waals surface area (Å²) in [6.07, 6.45) is 2.85. The van der Waals surface area contributed by atoms with E-state index in [2.05, 4.69) is 11.1 Å². The second-order valence-electron chi connectivity index (χ2n) is 6.33. The monoisotopic (exact) mass is 332 g/mol. The molecule has 4 rings (SSSR count). The molecule has 0 aliphatic carbocycles. The summed E-state index contributed by atoms with van der Waals surface area (Å²) in [5, 5.41) is 1.16. The summed E-state index contributed by atoms with van der Waals surface area (Å²) in [6.45, 7) is 0.793. The molecular formula is C21H20N2O2. The van der Waals surface area contributed by atoms with E-state index in [0.717, 1.165) is 35.3 Å². The molecule has 0 saturated heterocycles. The molecule has 0 bridgehead atoms. The molecule has 2 aromatic carbocycles. The standard InChI is InChI=1S/C21H20N2O2/c1-23-11-10-16-17-12-15(25-2)8-9-18(17)22-19(16)13-20(23)21(24)14-6-4-3-5-7-14/h3-9,12-13,22H,10-11H2,1-2H3. The van der Waals surface area contributed by atoms with Crippen LogP contribution in [0.4, 0.5) is 0 Å². The highest BCUT2D eigenvalue weighted by Crippen LogP contribution is 2.31. The number of Topliss-reactive ketones (excluding diaryl/α,β-unsaturated/α-hetero) is 1. The van der Waals surface area contributed by atoms with Crippen LogP contribution in [-0.4, -0.2) is 36.4 Å². The van der Waals surface area contributed by atoms with Crippen molar-refractivity contribution in [2.24, 2.45) is 0 Å². The fraction of sp³-hybridized carbons (Fsp3) is 0.190. The van der Waals surface area contributed by atoms with E-state index in [9.17, 15) is 4.79 Å². The molecule has 1 aliphatic heterocycles. The maximum atomic E-state index is 12.9. The van der Waals surface area contributed by atoms with Gasteiger partial charge in [0.1, 0.15) is 5.75 Å². The van der Waals surface area contributed by atoms with Crippen molar-refractivity contribution >= 4 is 22.8 Å². The number of nitrogens with one attached hydrogen (secondary N) is 1. The lowest BCUT2D eigenvalue weighted by Gasteiger charge is -2.19. The number of rotatable bonds is 3. The van der Waals surface area contributed by atoms with Crippen molar-refractivity contribution in [3.63, 3.8) is 0 Å². The number of carbonyl (C=O) groups is 1. The Morgan fingerprint density at radius 1 is 1.16 bits per heavy atom. The summed E-state index contributed by atoms with van der Waals surface area (Å²) in [4.78, 5) is 18.4. The van der Waals surface area contributed by atoms with Crippen LogP contribution in [0.2, 0.25) is 0 Å². The first-order valence-corrected chi connectivity index (χ1v) is 8.38. The zero-order valence-corrected chi connectivity index (χ0v) is 14.4. The Kier molecular flexibility index (Phi) is 3.80. The molecule has 1 N–H and O–H groups in total. The molecule has 3 aromatic rings. The van der Waals surface area contributed by atoms with Crippen molar-refractivity contribution in [2.45, 2.75) is 6.42 Å². The van der Waals surface area contributed by atoms with Crippen molar-refractivity contribution < 1.29 is 9.53 Å². The molecule has 1 aliphatic rings. The van der Waals surface area contributed by atoms with Crippen molar-refractivity contribution in [1.29, 1.82) is 0 Å². The largest absolute Gasteiger partial charge is 0.497 e. The summed E-state index contributed by atoms with van der Waals surface area (Å²) in [5.41, 5.74) is 4.73. The van der Waals surface area contributed by atoms with Crippen LogP contribution < -0.4 is 4.74 Å². The highest BCUT2D eigenvalue weighted by atomic mass is 16.5. The maximum absolute atomic E-state index is 12.9. The zero-order chi connectivity index (χ0) is 17.4. The molecule has 0 fully saturated rings. The summed E-state index contributed by atoms with van der Waals surface area (Å²) in [7, 11) is 3.65. The van der Waals surface area contributed by atoms with Gasteiger partial charge >= 0.3 is 0 Å².